The van der Waals surface area contributed by atoms with Gasteiger partial charge in [-0.05, 0) is 48.6 Å². The highest BCUT2D eigenvalue weighted by molar-refractivity contribution is 5.86. The molecular weight excluding hydrogens is 364 g/mol. The number of nitrogens with zero attached hydrogens (tertiary/aromatic N) is 1. The number of para-hydroxylation sites is 1. The summed E-state index contributed by atoms with van der Waals surface area (Å²) in [6.45, 7) is 0.700. The normalized spacial score (nSPS) is 14.6. The predicted molar refractivity (Wildman–Crippen MR) is 115 cm³/mol. The van der Waals surface area contributed by atoms with Crippen molar-refractivity contribution in [2.24, 2.45) is 7.05 Å². The van der Waals surface area contributed by atoms with Gasteiger partial charge in [-0.2, -0.15) is 0 Å². The lowest BCUT2D eigenvalue weighted by atomic mass is 9.95. The highest BCUT2D eigenvalue weighted by Gasteiger charge is 2.46. The first-order valence-corrected chi connectivity index (χ1v) is 10.1. The fourth-order valence-electron chi connectivity index (χ4n) is 4.11. The van der Waals surface area contributed by atoms with Gasteiger partial charge in [0.25, 0.3) is 0 Å². The zero-order chi connectivity index (χ0) is 20.4. The van der Waals surface area contributed by atoms with Crippen LogP contribution < -0.4 is 14.8 Å². The van der Waals surface area contributed by atoms with Crippen molar-refractivity contribution in [3.63, 3.8) is 0 Å². The van der Waals surface area contributed by atoms with Gasteiger partial charge in [0.15, 0.2) is 11.5 Å². The van der Waals surface area contributed by atoms with E-state index < -0.39 is 0 Å². The molecular formula is C24H28N2O3. The van der Waals surface area contributed by atoms with Crippen molar-refractivity contribution >= 4 is 16.8 Å². The summed E-state index contributed by atoms with van der Waals surface area (Å²) >= 11 is 0. The molecule has 1 aromatic heterocycles. The van der Waals surface area contributed by atoms with Crippen LogP contribution in [0, 0.1) is 0 Å². The first kappa shape index (κ1) is 19.4. The van der Waals surface area contributed by atoms with Crippen LogP contribution in [0.1, 0.15) is 30.4 Å². The van der Waals surface area contributed by atoms with Crippen LogP contribution in [-0.4, -0.2) is 31.2 Å². The standard InChI is InChI=1S/C24H28N2O3/c1-26-15-19(18-6-4-5-7-20(18)26)24(12-13-24)16-25-23(27)11-9-17-8-10-21(28-2)22(14-17)29-3/h4-8,10,14-15H,9,11-13,16H2,1-3H3,(H,25,27). The Morgan fingerprint density at radius 2 is 1.86 bits per heavy atom. The average Bonchev–Trinajstić information content (AvgIpc) is 3.47. The van der Waals surface area contributed by atoms with Crippen LogP contribution in [0.15, 0.2) is 48.7 Å². The number of carbonyl (C=O) groups excluding carboxylic acids is 1. The smallest absolute Gasteiger partial charge is 0.220 e. The molecule has 1 amide bonds. The summed E-state index contributed by atoms with van der Waals surface area (Å²) in [5.74, 6) is 1.48. The van der Waals surface area contributed by atoms with E-state index in [0.717, 1.165) is 18.4 Å². The quantitative estimate of drug-likeness (QED) is 0.631. The van der Waals surface area contributed by atoms with Gasteiger partial charge in [0.05, 0.1) is 14.2 Å². The number of hydrogen-bond donors (Lipinski definition) is 1. The lowest BCUT2D eigenvalue weighted by Crippen LogP contribution is -2.32. The van der Waals surface area contributed by atoms with Gasteiger partial charge in [0.1, 0.15) is 0 Å². The van der Waals surface area contributed by atoms with Gasteiger partial charge in [0.2, 0.25) is 5.91 Å². The Morgan fingerprint density at radius 3 is 2.59 bits per heavy atom. The molecule has 1 aliphatic carbocycles. The second-order valence-corrected chi connectivity index (χ2v) is 7.92. The maximum atomic E-state index is 12.5. The third-order valence-corrected chi connectivity index (χ3v) is 6.03. The summed E-state index contributed by atoms with van der Waals surface area (Å²) in [5.41, 5.74) is 3.75. The number of aryl methyl sites for hydroxylation is 2. The van der Waals surface area contributed by atoms with Gasteiger partial charge in [-0.15, -0.1) is 0 Å². The summed E-state index contributed by atoms with van der Waals surface area (Å²) in [4.78, 5) is 12.5. The van der Waals surface area contributed by atoms with E-state index >= 15 is 0 Å². The van der Waals surface area contributed by atoms with E-state index in [9.17, 15) is 4.79 Å². The Bertz CT molecular complexity index is 1030. The molecule has 29 heavy (non-hydrogen) atoms. The summed E-state index contributed by atoms with van der Waals surface area (Å²) in [6, 6.07) is 14.3. The summed E-state index contributed by atoms with van der Waals surface area (Å²) in [6.07, 6.45) is 5.61. The predicted octanol–water partition coefficient (Wildman–Crippen LogP) is 3.98. The maximum absolute atomic E-state index is 12.5. The molecule has 0 saturated heterocycles. The van der Waals surface area contributed by atoms with Crippen LogP contribution in [0.3, 0.4) is 0 Å². The third-order valence-electron chi connectivity index (χ3n) is 6.03. The van der Waals surface area contributed by atoms with Crippen LogP contribution >= 0.6 is 0 Å². The van der Waals surface area contributed by atoms with Gasteiger partial charge >= 0.3 is 0 Å². The zero-order valence-corrected chi connectivity index (χ0v) is 17.3. The van der Waals surface area contributed by atoms with E-state index in [0.29, 0.717) is 30.9 Å². The van der Waals surface area contributed by atoms with E-state index in [-0.39, 0.29) is 11.3 Å². The number of methoxy groups -OCH3 is 2. The SMILES string of the molecule is COc1ccc(CCC(=O)NCC2(c3cn(C)c4ccccc34)CC2)cc1OC. The van der Waals surface area contributed by atoms with E-state index in [2.05, 4.69) is 47.4 Å². The minimum Gasteiger partial charge on any atom is -0.493 e. The molecule has 5 heteroatoms. The lowest BCUT2D eigenvalue weighted by Gasteiger charge is -2.16. The topological polar surface area (TPSA) is 52.5 Å². The van der Waals surface area contributed by atoms with E-state index in [4.69, 9.17) is 9.47 Å². The molecule has 0 aliphatic heterocycles. The molecule has 1 aliphatic rings. The van der Waals surface area contributed by atoms with Crippen molar-refractivity contribution in [2.45, 2.75) is 31.1 Å². The number of ether oxygens (including phenoxy) is 2. The summed E-state index contributed by atoms with van der Waals surface area (Å²) < 4.78 is 12.8. The van der Waals surface area contributed by atoms with Crippen molar-refractivity contribution < 1.29 is 14.3 Å². The molecule has 0 spiro atoms. The number of hydrogen-bond acceptors (Lipinski definition) is 3. The van der Waals surface area contributed by atoms with Gasteiger partial charge in [-0.3, -0.25) is 4.79 Å². The number of benzene rings is 2. The van der Waals surface area contributed by atoms with E-state index in [1.807, 2.05) is 18.2 Å². The second kappa shape index (κ2) is 7.82. The average molecular weight is 392 g/mol. The number of aromatic nitrogens is 1. The minimum atomic E-state index is 0.0832. The lowest BCUT2D eigenvalue weighted by molar-refractivity contribution is -0.121. The molecule has 5 nitrogen and oxygen atoms in total. The molecule has 0 unspecified atom stereocenters. The second-order valence-electron chi connectivity index (χ2n) is 7.92. The Kier molecular flexibility index (Phi) is 5.22. The van der Waals surface area contributed by atoms with Crippen LogP contribution in [0.25, 0.3) is 10.9 Å². The number of nitrogens with one attached hydrogen (secondary N) is 1. The molecule has 1 fully saturated rings. The molecule has 0 bridgehead atoms. The maximum Gasteiger partial charge on any atom is 0.220 e. The highest BCUT2D eigenvalue weighted by atomic mass is 16.5. The Hall–Kier alpha value is -2.95. The first-order chi connectivity index (χ1) is 14.1. The molecule has 0 atom stereocenters. The molecule has 1 N–H and O–H groups in total. The molecule has 1 heterocycles. The molecule has 1 saturated carbocycles. The van der Waals surface area contributed by atoms with Gasteiger partial charge < -0.3 is 19.4 Å². The monoisotopic (exact) mass is 392 g/mol. The van der Waals surface area contributed by atoms with Crippen molar-refractivity contribution in [3.8, 4) is 11.5 Å². The summed E-state index contributed by atoms with van der Waals surface area (Å²) in [5, 5.41) is 4.47. The Labute approximate surface area is 171 Å². The summed E-state index contributed by atoms with van der Waals surface area (Å²) in [7, 11) is 5.33. The van der Waals surface area contributed by atoms with Crippen LogP contribution in [0.4, 0.5) is 0 Å². The molecule has 0 radical (unpaired) electrons. The Morgan fingerprint density at radius 1 is 1.10 bits per heavy atom. The van der Waals surface area contributed by atoms with Gasteiger partial charge in [-0.25, -0.2) is 0 Å². The zero-order valence-electron chi connectivity index (χ0n) is 17.3. The van der Waals surface area contributed by atoms with Crippen LogP contribution in [0.2, 0.25) is 0 Å². The first-order valence-electron chi connectivity index (χ1n) is 10.1. The van der Waals surface area contributed by atoms with E-state index in [1.54, 1.807) is 14.2 Å². The van der Waals surface area contributed by atoms with E-state index in [1.165, 1.54) is 16.5 Å². The van der Waals surface area contributed by atoms with Gasteiger partial charge in [0, 0.05) is 42.5 Å². The Balaban J connectivity index is 1.37. The fourth-order valence-corrected chi connectivity index (χ4v) is 4.11. The van der Waals surface area contributed by atoms with Crippen molar-refractivity contribution in [1.29, 1.82) is 0 Å². The molecule has 4 rings (SSSR count). The highest BCUT2D eigenvalue weighted by Crippen LogP contribution is 2.50. The molecule has 2 aromatic carbocycles. The minimum absolute atomic E-state index is 0.0832. The fraction of sp³-hybridized carbons (Fsp3) is 0.375. The van der Waals surface area contributed by atoms with Crippen LogP contribution in [-0.2, 0) is 23.7 Å². The van der Waals surface area contributed by atoms with Gasteiger partial charge in [-0.1, -0.05) is 24.3 Å². The number of amides is 1. The number of rotatable bonds is 8. The van der Waals surface area contributed by atoms with Crippen molar-refractivity contribution in [3.05, 3.63) is 59.8 Å². The van der Waals surface area contributed by atoms with Crippen molar-refractivity contribution in [1.82, 2.24) is 9.88 Å². The third kappa shape index (κ3) is 3.82. The molecule has 3 aromatic rings. The largest absolute Gasteiger partial charge is 0.493 e. The van der Waals surface area contributed by atoms with Crippen molar-refractivity contribution in [2.75, 3.05) is 20.8 Å². The molecule has 152 valence electrons. The number of carbonyl (C=O) groups is 1. The number of fused-ring (bicyclic) bond motifs is 1. The van der Waals surface area contributed by atoms with Crippen LogP contribution in [0.5, 0.6) is 11.5 Å².